The van der Waals surface area contributed by atoms with Crippen molar-refractivity contribution in [3.63, 3.8) is 0 Å². The van der Waals surface area contributed by atoms with Gasteiger partial charge < -0.3 is 24.1 Å². The first-order valence-corrected chi connectivity index (χ1v) is 14.3. The Morgan fingerprint density at radius 1 is 1.03 bits per heavy atom. The van der Waals surface area contributed by atoms with E-state index < -0.39 is 15.8 Å². The molecule has 2 saturated heterocycles. The van der Waals surface area contributed by atoms with E-state index in [4.69, 9.17) is 23.3 Å². The number of methoxy groups -OCH3 is 1. The van der Waals surface area contributed by atoms with Crippen molar-refractivity contribution in [1.29, 1.82) is 0 Å². The van der Waals surface area contributed by atoms with Crippen LogP contribution in [0.4, 0.5) is 0 Å². The van der Waals surface area contributed by atoms with Crippen LogP contribution in [0.2, 0.25) is 0 Å². The molecule has 0 spiro atoms. The fourth-order valence-corrected chi connectivity index (χ4v) is 5.73. The fraction of sp³-hybridized carbons (Fsp3) is 1.00. The van der Waals surface area contributed by atoms with Crippen LogP contribution in [0.5, 0.6) is 0 Å². The molecule has 0 radical (unpaired) electrons. The number of nitrogens with zero attached hydrogens (tertiary/aromatic N) is 3. The van der Waals surface area contributed by atoms with Gasteiger partial charge in [0.15, 0.2) is 6.29 Å². The van der Waals surface area contributed by atoms with E-state index in [2.05, 4.69) is 5.32 Å². The Morgan fingerprint density at radius 3 is 2.21 bits per heavy atom. The third-order valence-corrected chi connectivity index (χ3v) is 8.15. The second kappa shape index (κ2) is 17.4. The summed E-state index contributed by atoms with van der Waals surface area (Å²) < 4.78 is 58.7. The Bertz CT molecular complexity index is 587. The molecule has 0 saturated carbocycles. The maximum atomic E-state index is 13.8. The van der Waals surface area contributed by atoms with Crippen molar-refractivity contribution in [2.24, 2.45) is 0 Å². The summed E-state index contributed by atoms with van der Waals surface area (Å²) in [7, 11) is 3.18. The Labute approximate surface area is 201 Å². The summed E-state index contributed by atoms with van der Waals surface area (Å²) in [5.74, 6) is 0. The van der Waals surface area contributed by atoms with Crippen LogP contribution in [-0.4, -0.2) is 113 Å². The Hall–Kier alpha value is -0.0300. The lowest BCUT2D eigenvalue weighted by atomic mass is 10.2. The van der Waals surface area contributed by atoms with Crippen LogP contribution in [0.15, 0.2) is 0 Å². The van der Waals surface area contributed by atoms with Gasteiger partial charge >= 0.3 is 15.8 Å². The Balaban J connectivity index is 0.00000242. The predicted octanol–water partition coefficient (Wildman–Crippen LogP) is 3.01. The van der Waals surface area contributed by atoms with Crippen molar-refractivity contribution in [1.82, 2.24) is 19.3 Å². The van der Waals surface area contributed by atoms with Gasteiger partial charge in [-0.3, -0.25) is 4.57 Å². The molecule has 2 rings (SSSR count). The number of ether oxygens (including phenoxy) is 3. The third kappa shape index (κ3) is 11.1. The predicted molar refractivity (Wildman–Crippen MR) is 132 cm³/mol. The largest absolute Gasteiger partial charge is 0.615 e. The molecule has 0 bridgehead atoms. The topological polar surface area (TPSA) is 102 Å². The average molecular weight is 518 g/mol. The summed E-state index contributed by atoms with van der Waals surface area (Å²) in [6.07, 6.45) is -1.14. The smallest absolute Gasteiger partial charge is 0.370 e. The molecule has 0 aromatic carbocycles. The van der Waals surface area contributed by atoms with E-state index in [1.54, 1.807) is 44.6 Å². The lowest BCUT2D eigenvalue weighted by Crippen LogP contribution is -2.49. The van der Waals surface area contributed by atoms with Crippen LogP contribution in [0.25, 0.3) is 0 Å². The molecule has 0 aromatic heterocycles. The lowest BCUT2D eigenvalue weighted by Gasteiger charge is -2.42. The van der Waals surface area contributed by atoms with Gasteiger partial charge in [0.05, 0.1) is 24.9 Å². The summed E-state index contributed by atoms with van der Waals surface area (Å²) >= 11 is 0. The van der Waals surface area contributed by atoms with Crippen LogP contribution in [0.3, 0.4) is 0 Å². The minimum Gasteiger partial charge on any atom is -0.370 e. The van der Waals surface area contributed by atoms with Gasteiger partial charge in [0.25, 0.3) is 0 Å². The number of hydrogen-bond acceptors (Lipinski definition) is 8. The highest BCUT2D eigenvalue weighted by atomic mass is 31.2. The number of hydrogen-bond donors (Lipinski definition) is 1. The molecule has 0 aliphatic carbocycles. The van der Waals surface area contributed by atoms with Crippen molar-refractivity contribution >= 4 is 15.8 Å². The van der Waals surface area contributed by atoms with Crippen molar-refractivity contribution < 1.29 is 32.4 Å². The SMILES string of the molecule is CC.CC.CO[C@H]1CNC[C@@H](COP(=O)(N(C)C)N2C[C@@H](CO[P+](=O)N(C)C)O[C@@H](C)C2)O1. The zero-order valence-corrected chi connectivity index (χ0v) is 23.9. The molecule has 1 N–H and O–H groups in total. The maximum Gasteiger partial charge on any atom is 0.615 e. The van der Waals surface area contributed by atoms with Crippen LogP contribution >= 0.6 is 15.8 Å². The van der Waals surface area contributed by atoms with Gasteiger partial charge in [-0.2, -0.15) is 0 Å². The highest BCUT2D eigenvalue weighted by molar-refractivity contribution is 7.53. The molecule has 2 heterocycles. The zero-order chi connectivity index (χ0) is 25.6. The number of rotatable bonds is 10. The van der Waals surface area contributed by atoms with E-state index in [1.807, 2.05) is 34.6 Å². The first-order chi connectivity index (χ1) is 15.7. The standard InChI is InChI=1S/C16H35N4O7P2.2C2H6/c1-13-9-20(10-15(26-13)11-24-28(21)18(2)3)29(22,19(4)5)25-12-14-7-17-8-16(23-6)27-14;2*1-2/h13-17H,7-12H2,1-6H3;2*1-2H3/q+1;;/t13-,14-,15-,16+,29?;;/m0../s1. The quantitative estimate of drug-likeness (QED) is 0.433. The molecule has 11 nitrogen and oxygen atoms in total. The normalized spacial score (nSPS) is 28.3. The van der Waals surface area contributed by atoms with Crippen LogP contribution in [0, 0.1) is 0 Å². The van der Waals surface area contributed by atoms with Gasteiger partial charge in [0.1, 0.15) is 6.61 Å². The second-order valence-electron chi connectivity index (χ2n) is 7.54. The molecule has 2 fully saturated rings. The van der Waals surface area contributed by atoms with Gasteiger partial charge in [-0.1, -0.05) is 32.4 Å². The monoisotopic (exact) mass is 517 g/mol. The van der Waals surface area contributed by atoms with E-state index in [0.717, 1.165) is 0 Å². The van der Waals surface area contributed by atoms with E-state index in [9.17, 15) is 9.13 Å². The first kappa shape index (κ1) is 33.0. The molecule has 13 heteroatoms. The summed E-state index contributed by atoms with van der Waals surface area (Å²) in [6, 6.07) is 0. The summed E-state index contributed by atoms with van der Waals surface area (Å²) in [6.45, 7) is 12.2. The van der Waals surface area contributed by atoms with E-state index >= 15 is 0 Å². The molecule has 0 aromatic rings. The fourth-order valence-electron chi connectivity index (χ4n) is 3.12. The summed E-state index contributed by atoms with van der Waals surface area (Å²) in [5, 5.41) is 3.22. The minimum atomic E-state index is -3.30. The third-order valence-electron chi connectivity index (χ3n) is 4.59. The van der Waals surface area contributed by atoms with Gasteiger partial charge in [-0.25, -0.2) is 9.34 Å². The molecule has 198 valence electrons. The van der Waals surface area contributed by atoms with Crippen molar-refractivity contribution in [3.05, 3.63) is 0 Å². The van der Waals surface area contributed by atoms with E-state index in [-0.39, 0.29) is 37.8 Å². The molecule has 33 heavy (non-hydrogen) atoms. The zero-order valence-electron chi connectivity index (χ0n) is 22.1. The molecule has 2 aliphatic rings. The van der Waals surface area contributed by atoms with Crippen LogP contribution in [0.1, 0.15) is 34.6 Å². The minimum absolute atomic E-state index is 0.146. The highest BCUT2D eigenvalue weighted by Gasteiger charge is 2.42. The average Bonchev–Trinajstić information content (AvgIpc) is 2.83. The summed E-state index contributed by atoms with van der Waals surface area (Å²) in [5.41, 5.74) is 0. The maximum absolute atomic E-state index is 13.8. The van der Waals surface area contributed by atoms with Crippen molar-refractivity contribution in [3.8, 4) is 0 Å². The van der Waals surface area contributed by atoms with Crippen molar-refractivity contribution in [2.75, 3.05) is 74.7 Å². The van der Waals surface area contributed by atoms with Crippen LogP contribution < -0.4 is 5.32 Å². The lowest BCUT2D eigenvalue weighted by molar-refractivity contribution is -0.176. The first-order valence-electron chi connectivity index (χ1n) is 11.6. The molecule has 6 atom stereocenters. The van der Waals surface area contributed by atoms with E-state index in [0.29, 0.717) is 26.2 Å². The second-order valence-corrected chi connectivity index (χ2v) is 11.7. The van der Waals surface area contributed by atoms with Gasteiger partial charge in [0, 0.05) is 47.4 Å². The highest BCUT2D eigenvalue weighted by Crippen LogP contribution is 2.53. The number of nitrogens with one attached hydrogen (secondary N) is 1. The molecular weight excluding hydrogens is 470 g/mol. The number of morpholine rings is 2. The molecular formula is C20H47N4O7P2+. The van der Waals surface area contributed by atoms with Crippen LogP contribution in [-0.2, 0) is 32.4 Å². The van der Waals surface area contributed by atoms with Crippen molar-refractivity contribution in [2.45, 2.75) is 59.2 Å². The molecule has 2 unspecified atom stereocenters. The molecule has 0 amide bonds. The summed E-state index contributed by atoms with van der Waals surface area (Å²) in [4.78, 5) is 0. The van der Waals surface area contributed by atoms with Gasteiger partial charge in [-0.15, -0.1) is 4.52 Å². The Kier molecular flexibility index (Phi) is 17.4. The van der Waals surface area contributed by atoms with Gasteiger partial charge in [0.2, 0.25) is 0 Å². The molecule has 2 aliphatic heterocycles. The van der Waals surface area contributed by atoms with Gasteiger partial charge in [-0.05, 0) is 25.6 Å². The van der Waals surface area contributed by atoms with E-state index in [1.165, 1.54) is 4.67 Å². The Morgan fingerprint density at radius 2 is 1.67 bits per heavy atom.